The highest BCUT2D eigenvalue weighted by Gasteiger charge is 2.17. The summed E-state index contributed by atoms with van der Waals surface area (Å²) in [6.45, 7) is 0. The molecule has 0 bridgehead atoms. The van der Waals surface area contributed by atoms with Crippen LogP contribution in [0.1, 0.15) is 0 Å². The molecule has 0 aliphatic heterocycles. The molecule has 6 heteroatoms. The maximum Gasteiger partial charge on any atom is 0.271 e. The van der Waals surface area contributed by atoms with Crippen molar-refractivity contribution in [2.75, 3.05) is 4.72 Å². The zero-order chi connectivity index (χ0) is 14.2. The minimum Gasteiger partial charge on any atom is -0.278 e. The summed E-state index contributed by atoms with van der Waals surface area (Å²) in [7, 11) is -3.52. The van der Waals surface area contributed by atoms with E-state index < -0.39 is 10.0 Å². The van der Waals surface area contributed by atoms with Crippen LogP contribution in [-0.2, 0) is 10.0 Å². The fourth-order valence-electron chi connectivity index (χ4n) is 1.92. The molecule has 0 aliphatic carbocycles. The van der Waals surface area contributed by atoms with Crippen LogP contribution >= 0.6 is 27.3 Å². The molecular weight excluding hydrogens is 358 g/mol. The number of hydrogen-bond donors (Lipinski definition) is 1. The summed E-state index contributed by atoms with van der Waals surface area (Å²) in [6.07, 6.45) is 0. The Labute approximate surface area is 129 Å². The third kappa shape index (κ3) is 2.46. The number of benzene rings is 2. The number of rotatable bonds is 3. The van der Waals surface area contributed by atoms with Crippen LogP contribution in [0.15, 0.2) is 62.6 Å². The molecule has 0 atom stereocenters. The van der Waals surface area contributed by atoms with E-state index >= 15 is 0 Å². The fraction of sp³-hybridized carbons (Fsp3) is 0. The number of nitrogens with one attached hydrogen (secondary N) is 1. The van der Waals surface area contributed by atoms with Gasteiger partial charge in [0.05, 0.1) is 5.69 Å². The van der Waals surface area contributed by atoms with Gasteiger partial charge >= 0.3 is 0 Å². The SMILES string of the molecule is O=S(=O)(Nc1ccc2ccccc2c1Br)c1cccs1. The predicted molar refractivity (Wildman–Crippen MR) is 86.8 cm³/mol. The van der Waals surface area contributed by atoms with Crippen LogP contribution in [0.25, 0.3) is 10.8 Å². The van der Waals surface area contributed by atoms with E-state index in [0.717, 1.165) is 15.2 Å². The molecule has 20 heavy (non-hydrogen) atoms. The van der Waals surface area contributed by atoms with Gasteiger partial charge in [0.1, 0.15) is 4.21 Å². The molecule has 0 radical (unpaired) electrons. The van der Waals surface area contributed by atoms with Crippen molar-refractivity contribution in [1.82, 2.24) is 0 Å². The summed E-state index contributed by atoms with van der Waals surface area (Å²) in [5, 5.41) is 3.77. The van der Waals surface area contributed by atoms with Crippen molar-refractivity contribution in [3.8, 4) is 0 Å². The Morgan fingerprint density at radius 1 is 1.00 bits per heavy atom. The molecular formula is C14H10BrNO2S2. The topological polar surface area (TPSA) is 46.2 Å². The smallest absolute Gasteiger partial charge is 0.271 e. The van der Waals surface area contributed by atoms with Crippen LogP contribution in [0.4, 0.5) is 5.69 Å². The second kappa shape index (κ2) is 5.20. The van der Waals surface area contributed by atoms with Crippen molar-refractivity contribution >= 4 is 53.7 Å². The standard InChI is InChI=1S/C14H10BrNO2S2/c15-14-11-5-2-1-4-10(11)7-8-12(14)16-20(17,18)13-6-3-9-19-13/h1-9,16H. The van der Waals surface area contributed by atoms with Gasteiger partial charge in [-0.15, -0.1) is 11.3 Å². The lowest BCUT2D eigenvalue weighted by Gasteiger charge is -2.10. The maximum atomic E-state index is 12.2. The van der Waals surface area contributed by atoms with Crippen LogP contribution in [-0.4, -0.2) is 8.42 Å². The molecule has 0 unspecified atom stereocenters. The summed E-state index contributed by atoms with van der Waals surface area (Å²) < 4.78 is 28.1. The molecule has 1 aromatic heterocycles. The lowest BCUT2D eigenvalue weighted by atomic mass is 10.1. The average molecular weight is 368 g/mol. The Morgan fingerprint density at radius 3 is 2.55 bits per heavy atom. The number of hydrogen-bond acceptors (Lipinski definition) is 3. The van der Waals surface area contributed by atoms with Gasteiger partial charge in [0.25, 0.3) is 10.0 Å². The molecule has 0 saturated carbocycles. The summed E-state index contributed by atoms with van der Waals surface area (Å²) >= 11 is 4.67. The predicted octanol–water partition coefficient (Wildman–Crippen LogP) is 4.46. The van der Waals surface area contributed by atoms with Gasteiger partial charge < -0.3 is 0 Å². The molecule has 3 aromatic rings. The lowest BCUT2D eigenvalue weighted by Crippen LogP contribution is -2.11. The molecule has 0 fully saturated rings. The van der Waals surface area contributed by atoms with Crippen molar-refractivity contribution in [3.63, 3.8) is 0 Å². The van der Waals surface area contributed by atoms with Crippen LogP contribution < -0.4 is 4.72 Å². The average Bonchev–Trinajstić information content (AvgIpc) is 2.97. The third-order valence-corrected chi connectivity index (χ3v) is 6.48. The normalized spacial score (nSPS) is 11.7. The van der Waals surface area contributed by atoms with Crippen LogP contribution in [0.3, 0.4) is 0 Å². The summed E-state index contributed by atoms with van der Waals surface area (Å²) in [5.41, 5.74) is 0.539. The van der Waals surface area contributed by atoms with Crippen molar-refractivity contribution in [2.24, 2.45) is 0 Å². The largest absolute Gasteiger partial charge is 0.278 e. The minimum absolute atomic E-state index is 0.303. The Kier molecular flexibility index (Phi) is 3.54. The van der Waals surface area contributed by atoms with Crippen LogP contribution in [0, 0.1) is 0 Å². The molecule has 1 heterocycles. The molecule has 0 amide bonds. The number of thiophene rings is 1. The Morgan fingerprint density at radius 2 is 1.80 bits per heavy atom. The summed E-state index contributed by atoms with van der Waals surface area (Å²) in [4.78, 5) is 0. The third-order valence-electron chi connectivity index (χ3n) is 2.87. The van der Waals surface area contributed by atoms with E-state index in [0.29, 0.717) is 9.90 Å². The molecule has 0 saturated heterocycles. The number of anilines is 1. The Bertz CT molecular complexity index is 858. The van der Waals surface area contributed by atoms with Crippen molar-refractivity contribution in [3.05, 3.63) is 58.4 Å². The van der Waals surface area contributed by atoms with Gasteiger partial charge in [0.2, 0.25) is 0 Å². The van der Waals surface area contributed by atoms with Gasteiger partial charge in [-0.1, -0.05) is 36.4 Å². The highest BCUT2D eigenvalue weighted by molar-refractivity contribution is 9.10. The molecule has 3 rings (SSSR count). The lowest BCUT2D eigenvalue weighted by molar-refractivity contribution is 0.603. The quantitative estimate of drug-likeness (QED) is 0.742. The molecule has 1 N–H and O–H groups in total. The highest BCUT2D eigenvalue weighted by Crippen LogP contribution is 2.33. The number of sulfonamides is 1. The second-order valence-corrected chi connectivity index (χ2v) is 7.84. The summed E-state index contributed by atoms with van der Waals surface area (Å²) in [5.74, 6) is 0. The van der Waals surface area contributed by atoms with E-state index in [1.54, 1.807) is 23.6 Å². The molecule has 0 aliphatic rings. The van der Waals surface area contributed by atoms with E-state index in [1.807, 2.05) is 30.3 Å². The number of halogens is 1. The fourth-order valence-corrected chi connectivity index (χ4v) is 4.71. The first-order valence-corrected chi connectivity index (χ1v) is 8.97. The van der Waals surface area contributed by atoms with Crippen molar-refractivity contribution in [2.45, 2.75) is 4.21 Å². The highest BCUT2D eigenvalue weighted by atomic mass is 79.9. The second-order valence-electron chi connectivity index (χ2n) is 4.19. The van der Waals surface area contributed by atoms with E-state index in [4.69, 9.17) is 0 Å². The van der Waals surface area contributed by atoms with Gasteiger partial charge in [0.15, 0.2) is 0 Å². The van der Waals surface area contributed by atoms with Crippen molar-refractivity contribution < 1.29 is 8.42 Å². The van der Waals surface area contributed by atoms with Crippen molar-refractivity contribution in [1.29, 1.82) is 0 Å². The van der Waals surface area contributed by atoms with E-state index in [-0.39, 0.29) is 0 Å². The first kappa shape index (κ1) is 13.6. The molecule has 102 valence electrons. The number of fused-ring (bicyclic) bond motifs is 1. The van der Waals surface area contributed by atoms with E-state index in [2.05, 4.69) is 20.7 Å². The molecule has 3 nitrogen and oxygen atoms in total. The van der Waals surface area contributed by atoms with Crippen LogP contribution in [0.2, 0.25) is 0 Å². The van der Waals surface area contributed by atoms with E-state index in [9.17, 15) is 8.42 Å². The summed E-state index contributed by atoms with van der Waals surface area (Å²) in [6, 6.07) is 14.8. The van der Waals surface area contributed by atoms with Gasteiger partial charge in [-0.25, -0.2) is 8.42 Å². The van der Waals surface area contributed by atoms with Crippen LogP contribution in [0.5, 0.6) is 0 Å². The van der Waals surface area contributed by atoms with E-state index in [1.165, 1.54) is 11.3 Å². The maximum absolute atomic E-state index is 12.2. The van der Waals surface area contributed by atoms with Gasteiger partial charge in [-0.3, -0.25) is 4.72 Å². The molecule has 0 spiro atoms. The first-order chi connectivity index (χ1) is 9.58. The van der Waals surface area contributed by atoms with Gasteiger partial charge in [0, 0.05) is 4.47 Å². The zero-order valence-electron chi connectivity index (χ0n) is 10.2. The minimum atomic E-state index is -3.52. The monoisotopic (exact) mass is 367 g/mol. The first-order valence-electron chi connectivity index (χ1n) is 5.81. The zero-order valence-corrected chi connectivity index (χ0v) is 13.4. The Balaban J connectivity index is 2.06. The van der Waals surface area contributed by atoms with Gasteiger partial charge in [-0.05, 0) is 44.2 Å². The molecule has 2 aromatic carbocycles. The Hall–Kier alpha value is -1.37. The van der Waals surface area contributed by atoms with Gasteiger partial charge in [-0.2, -0.15) is 0 Å².